The number of carbonyl (C=O) groups is 1. The van der Waals surface area contributed by atoms with E-state index in [2.05, 4.69) is 5.32 Å². The molecule has 0 aliphatic carbocycles. The van der Waals surface area contributed by atoms with Crippen molar-refractivity contribution in [2.75, 3.05) is 6.61 Å². The Kier molecular flexibility index (Phi) is 5.43. The average molecular weight is 307 g/mol. The first-order chi connectivity index (χ1) is 10.6. The Hall–Kier alpha value is -2.47. The van der Waals surface area contributed by atoms with Gasteiger partial charge >= 0.3 is 0 Å². The van der Waals surface area contributed by atoms with Crippen molar-refractivity contribution >= 4 is 5.91 Å². The smallest absolute Gasteiger partial charge is 0.258 e. The molecule has 0 aliphatic heterocycles. The number of nitrogens with one attached hydrogen (secondary N) is 1. The second-order valence-corrected chi connectivity index (χ2v) is 4.61. The highest BCUT2D eigenvalue weighted by atomic mass is 19.1. The summed E-state index contributed by atoms with van der Waals surface area (Å²) in [5.74, 6) is -1.41. The summed E-state index contributed by atoms with van der Waals surface area (Å²) in [5.41, 5.74) is 0.893. The number of hydrogen-bond donors (Lipinski definition) is 2. The van der Waals surface area contributed by atoms with E-state index in [0.29, 0.717) is 16.9 Å². The summed E-state index contributed by atoms with van der Waals surface area (Å²) in [5, 5.41) is 11.6. The van der Waals surface area contributed by atoms with Crippen LogP contribution in [0.25, 0.3) is 0 Å². The quantitative estimate of drug-likeness (QED) is 0.860. The fraction of sp³-hybridized carbons (Fsp3) is 0.188. The molecule has 0 fully saturated rings. The zero-order chi connectivity index (χ0) is 15.9. The molecule has 2 N–H and O–H groups in total. The van der Waals surface area contributed by atoms with E-state index in [1.54, 1.807) is 24.3 Å². The van der Waals surface area contributed by atoms with E-state index in [9.17, 15) is 13.6 Å². The topological polar surface area (TPSA) is 58.6 Å². The van der Waals surface area contributed by atoms with Crippen LogP contribution in [-0.4, -0.2) is 17.6 Å². The van der Waals surface area contributed by atoms with Gasteiger partial charge in [-0.2, -0.15) is 0 Å². The van der Waals surface area contributed by atoms with Gasteiger partial charge in [0.15, 0.2) is 6.61 Å². The van der Waals surface area contributed by atoms with Gasteiger partial charge in [-0.05, 0) is 23.8 Å². The SMILES string of the molecule is O=C(COc1ccccc1CO)NCc1cc(F)cc(F)c1. The molecule has 6 heteroatoms. The van der Waals surface area contributed by atoms with E-state index in [0.717, 1.165) is 18.2 Å². The number of ether oxygens (including phenoxy) is 1. The molecule has 0 aliphatic rings. The minimum Gasteiger partial charge on any atom is -0.483 e. The fourth-order valence-electron chi connectivity index (χ4n) is 1.88. The van der Waals surface area contributed by atoms with Gasteiger partial charge in [0.1, 0.15) is 17.4 Å². The van der Waals surface area contributed by atoms with Crippen molar-refractivity contribution in [3.05, 3.63) is 65.2 Å². The summed E-state index contributed by atoms with van der Waals surface area (Å²) >= 11 is 0. The molecule has 0 heterocycles. The van der Waals surface area contributed by atoms with Crippen LogP contribution in [-0.2, 0) is 17.9 Å². The second-order valence-electron chi connectivity index (χ2n) is 4.61. The minimum atomic E-state index is -0.697. The van der Waals surface area contributed by atoms with E-state index in [1.807, 2.05) is 0 Å². The van der Waals surface area contributed by atoms with Crippen LogP contribution in [0.4, 0.5) is 8.78 Å². The highest BCUT2D eigenvalue weighted by Crippen LogP contribution is 2.17. The predicted octanol–water partition coefficient (Wildman–Crippen LogP) is 2.15. The lowest BCUT2D eigenvalue weighted by atomic mass is 10.2. The van der Waals surface area contributed by atoms with Crippen LogP contribution >= 0.6 is 0 Å². The Labute approximate surface area is 126 Å². The first-order valence-electron chi connectivity index (χ1n) is 6.61. The highest BCUT2D eigenvalue weighted by Gasteiger charge is 2.07. The third-order valence-corrected chi connectivity index (χ3v) is 2.91. The number of rotatable bonds is 6. The molecule has 116 valence electrons. The van der Waals surface area contributed by atoms with Gasteiger partial charge in [0.25, 0.3) is 5.91 Å². The largest absolute Gasteiger partial charge is 0.483 e. The number of aliphatic hydroxyl groups is 1. The van der Waals surface area contributed by atoms with Gasteiger partial charge in [0.05, 0.1) is 6.61 Å². The van der Waals surface area contributed by atoms with Crippen LogP contribution in [0, 0.1) is 11.6 Å². The predicted molar refractivity (Wildman–Crippen MR) is 76.1 cm³/mol. The standard InChI is InChI=1S/C16H15F2NO3/c17-13-5-11(6-14(18)7-13)8-19-16(21)10-22-15-4-2-1-3-12(15)9-20/h1-7,20H,8-10H2,(H,19,21). The van der Waals surface area contributed by atoms with Crippen LogP contribution in [0.3, 0.4) is 0 Å². The number of para-hydroxylation sites is 1. The molecule has 1 amide bonds. The third-order valence-electron chi connectivity index (χ3n) is 2.91. The number of amides is 1. The summed E-state index contributed by atoms with van der Waals surface area (Å²) in [6.07, 6.45) is 0. The van der Waals surface area contributed by atoms with Crippen molar-refractivity contribution in [3.63, 3.8) is 0 Å². The molecule has 4 nitrogen and oxygen atoms in total. The Morgan fingerprint density at radius 1 is 1.14 bits per heavy atom. The van der Waals surface area contributed by atoms with Gasteiger partial charge in [0, 0.05) is 18.2 Å². The normalized spacial score (nSPS) is 10.3. The first kappa shape index (κ1) is 15.9. The van der Waals surface area contributed by atoms with Crippen LogP contribution in [0.5, 0.6) is 5.75 Å². The van der Waals surface area contributed by atoms with Crippen LogP contribution in [0.2, 0.25) is 0 Å². The molecular weight excluding hydrogens is 292 g/mol. The van der Waals surface area contributed by atoms with E-state index < -0.39 is 17.5 Å². The summed E-state index contributed by atoms with van der Waals surface area (Å²) in [6.45, 7) is -0.451. The molecule has 0 radical (unpaired) electrons. The lowest BCUT2D eigenvalue weighted by molar-refractivity contribution is -0.123. The van der Waals surface area contributed by atoms with Gasteiger partial charge in [-0.15, -0.1) is 0 Å². The van der Waals surface area contributed by atoms with Crippen LogP contribution in [0.1, 0.15) is 11.1 Å². The molecule has 22 heavy (non-hydrogen) atoms. The number of carbonyl (C=O) groups excluding carboxylic acids is 1. The van der Waals surface area contributed by atoms with Gasteiger partial charge in [-0.1, -0.05) is 18.2 Å². The van der Waals surface area contributed by atoms with Crippen molar-refractivity contribution in [1.29, 1.82) is 0 Å². The maximum absolute atomic E-state index is 13.0. The maximum atomic E-state index is 13.0. The van der Waals surface area contributed by atoms with E-state index in [-0.39, 0.29) is 19.8 Å². The molecule has 0 unspecified atom stereocenters. The highest BCUT2D eigenvalue weighted by molar-refractivity contribution is 5.77. The Morgan fingerprint density at radius 3 is 2.50 bits per heavy atom. The first-order valence-corrected chi connectivity index (χ1v) is 6.61. The zero-order valence-electron chi connectivity index (χ0n) is 11.7. The van der Waals surface area contributed by atoms with Crippen molar-refractivity contribution in [2.24, 2.45) is 0 Å². The van der Waals surface area contributed by atoms with Crippen LogP contribution in [0.15, 0.2) is 42.5 Å². The maximum Gasteiger partial charge on any atom is 0.258 e. The van der Waals surface area contributed by atoms with E-state index in [1.165, 1.54) is 0 Å². The lowest BCUT2D eigenvalue weighted by Crippen LogP contribution is -2.28. The third kappa shape index (κ3) is 4.53. The van der Waals surface area contributed by atoms with Gasteiger partial charge in [-0.3, -0.25) is 4.79 Å². The summed E-state index contributed by atoms with van der Waals surface area (Å²) in [4.78, 5) is 11.7. The molecule has 0 saturated carbocycles. The van der Waals surface area contributed by atoms with Gasteiger partial charge in [0.2, 0.25) is 0 Å². The van der Waals surface area contributed by atoms with Gasteiger partial charge < -0.3 is 15.2 Å². The van der Waals surface area contributed by atoms with Crippen molar-refractivity contribution in [2.45, 2.75) is 13.2 Å². The lowest BCUT2D eigenvalue weighted by Gasteiger charge is -2.10. The zero-order valence-corrected chi connectivity index (χ0v) is 11.7. The Bertz CT molecular complexity index is 641. The number of benzene rings is 2. The number of hydrogen-bond acceptors (Lipinski definition) is 3. The van der Waals surface area contributed by atoms with E-state index >= 15 is 0 Å². The van der Waals surface area contributed by atoms with Crippen molar-refractivity contribution < 1.29 is 23.4 Å². The van der Waals surface area contributed by atoms with Crippen molar-refractivity contribution in [3.8, 4) is 5.75 Å². The van der Waals surface area contributed by atoms with Crippen molar-refractivity contribution in [1.82, 2.24) is 5.32 Å². The molecule has 0 saturated heterocycles. The monoisotopic (exact) mass is 307 g/mol. The number of aliphatic hydroxyl groups excluding tert-OH is 1. The van der Waals surface area contributed by atoms with Crippen LogP contribution < -0.4 is 10.1 Å². The fourth-order valence-corrected chi connectivity index (χ4v) is 1.88. The summed E-state index contributed by atoms with van der Waals surface area (Å²) in [7, 11) is 0. The Morgan fingerprint density at radius 2 is 1.82 bits per heavy atom. The molecule has 0 atom stereocenters. The minimum absolute atomic E-state index is 0.00147. The molecule has 0 aromatic heterocycles. The molecule has 2 aromatic rings. The summed E-state index contributed by atoms with van der Waals surface area (Å²) < 4.78 is 31.3. The Balaban J connectivity index is 1.85. The second kappa shape index (κ2) is 7.51. The summed E-state index contributed by atoms with van der Waals surface area (Å²) in [6, 6.07) is 9.85. The van der Waals surface area contributed by atoms with Gasteiger partial charge in [-0.25, -0.2) is 8.78 Å². The molecular formula is C16H15F2NO3. The number of halogens is 2. The average Bonchev–Trinajstić information content (AvgIpc) is 2.50. The molecule has 0 bridgehead atoms. The molecule has 2 aromatic carbocycles. The molecule has 2 rings (SSSR count). The van der Waals surface area contributed by atoms with E-state index in [4.69, 9.17) is 9.84 Å². The molecule has 0 spiro atoms.